The summed E-state index contributed by atoms with van der Waals surface area (Å²) in [4.78, 5) is 2.93. The Bertz CT molecular complexity index is 550. The zero-order valence-corrected chi connectivity index (χ0v) is 14.0. The van der Waals surface area contributed by atoms with Gasteiger partial charge >= 0.3 is 0 Å². The molecule has 1 atom stereocenters. The van der Waals surface area contributed by atoms with Gasteiger partial charge < -0.3 is 10.1 Å². The fourth-order valence-corrected chi connectivity index (χ4v) is 3.38. The molecule has 0 saturated heterocycles. The molecule has 2 aromatic rings. The predicted molar refractivity (Wildman–Crippen MR) is 91.5 cm³/mol. The Morgan fingerprint density at radius 2 is 2.00 bits per heavy atom. The molecule has 0 aliphatic carbocycles. The molecule has 1 N–H and O–H groups in total. The van der Waals surface area contributed by atoms with E-state index >= 15 is 0 Å². The lowest BCUT2D eigenvalue weighted by Crippen LogP contribution is -2.29. The maximum atomic E-state index is 5.85. The number of ether oxygens (including phenoxy) is 1. The maximum absolute atomic E-state index is 5.85. The molecule has 114 valence electrons. The fraction of sp³-hybridized carbons (Fsp3) is 0.444. The topological polar surface area (TPSA) is 21.3 Å². The van der Waals surface area contributed by atoms with Crippen molar-refractivity contribution in [3.8, 4) is 5.75 Å². The second-order valence-electron chi connectivity index (χ2n) is 5.36. The quantitative estimate of drug-likeness (QED) is 0.788. The second kappa shape index (κ2) is 8.20. The third kappa shape index (κ3) is 5.18. The van der Waals surface area contributed by atoms with E-state index in [-0.39, 0.29) is 0 Å². The van der Waals surface area contributed by atoms with Gasteiger partial charge in [-0.15, -0.1) is 11.3 Å². The molecule has 2 nitrogen and oxygen atoms in total. The van der Waals surface area contributed by atoms with Gasteiger partial charge in [-0.1, -0.05) is 19.1 Å². The lowest BCUT2D eigenvalue weighted by molar-refractivity contribution is 0.288. The van der Waals surface area contributed by atoms with Gasteiger partial charge in [0.05, 0.1) is 6.61 Å². The van der Waals surface area contributed by atoms with Crippen LogP contribution in [0, 0.1) is 6.92 Å². The van der Waals surface area contributed by atoms with Crippen molar-refractivity contribution in [1.29, 1.82) is 0 Å². The van der Waals surface area contributed by atoms with Gasteiger partial charge in [-0.2, -0.15) is 0 Å². The maximum Gasteiger partial charge on any atom is 0.119 e. The molecule has 0 aliphatic rings. The standard InChI is InChI=1S/C18H25NOS/c1-4-17-8-9-18(21-17)13-15(19-3)10-11-20-16-7-5-6-14(2)12-16/h5-9,12,15,19H,4,10-11,13H2,1-3H3. The number of hydrogen-bond donors (Lipinski definition) is 1. The molecule has 3 heteroatoms. The number of aryl methyl sites for hydroxylation is 2. The van der Waals surface area contributed by atoms with E-state index in [4.69, 9.17) is 4.74 Å². The van der Waals surface area contributed by atoms with Gasteiger partial charge in [0.25, 0.3) is 0 Å². The van der Waals surface area contributed by atoms with Crippen molar-refractivity contribution in [3.63, 3.8) is 0 Å². The highest BCUT2D eigenvalue weighted by molar-refractivity contribution is 7.11. The van der Waals surface area contributed by atoms with Crippen LogP contribution in [0.5, 0.6) is 5.75 Å². The largest absolute Gasteiger partial charge is 0.494 e. The van der Waals surface area contributed by atoms with Gasteiger partial charge in [0.15, 0.2) is 0 Å². The van der Waals surface area contributed by atoms with Crippen LogP contribution in [0.1, 0.15) is 28.7 Å². The van der Waals surface area contributed by atoms with E-state index in [1.165, 1.54) is 15.3 Å². The van der Waals surface area contributed by atoms with E-state index in [0.717, 1.165) is 31.6 Å². The monoisotopic (exact) mass is 303 g/mol. The summed E-state index contributed by atoms with van der Waals surface area (Å²) in [6, 6.07) is 13.2. The third-order valence-corrected chi connectivity index (χ3v) is 4.90. The van der Waals surface area contributed by atoms with E-state index < -0.39 is 0 Å². The highest BCUT2D eigenvalue weighted by atomic mass is 32.1. The first kappa shape index (κ1) is 16.1. The van der Waals surface area contributed by atoms with E-state index in [1.807, 2.05) is 30.5 Å². The van der Waals surface area contributed by atoms with E-state index in [1.54, 1.807) is 0 Å². The molecular weight excluding hydrogens is 278 g/mol. The third-order valence-electron chi connectivity index (χ3n) is 3.65. The van der Waals surface area contributed by atoms with Gasteiger partial charge in [-0.25, -0.2) is 0 Å². The number of hydrogen-bond acceptors (Lipinski definition) is 3. The lowest BCUT2D eigenvalue weighted by atomic mass is 10.1. The summed E-state index contributed by atoms with van der Waals surface area (Å²) in [6.45, 7) is 5.05. The highest BCUT2D eigenvalue weighted by Gasteiger charge is 2.09. The van der Waals surface area contributed by atoms with Gasteiger partial charge in [0, 0.05) is 15.8 Å². The van der Waals surface area contributed by atoms with E-state index in [0.29, 0.717) is 6.04 Å². The summed E-state index contributed by atoms with van der Waals surface area (Å²) in [7, 11) is 2.03. The van der Waals surface area contributed by atoms with Crippen molar-refractivity contribution < 1.29 is 4.74 Å². The number of nitrogens with one attached hydrogen (secondary N) is 1. The molecule has 0 bridgehead atoms. The first-order valence-electron chi connectivity index (χ1n) is 7.65. The first-order chi connectivity index (χ1) is 10.2. The Hall–Kier alpha value is -1.32. The minimum absolute atomic E-state index is 0.471. The van der Waals surface area contributed by atoms with E-state index in [2.05, 4.69) is 43.4 Å². The van der Waals surface area contributed by atoms with Gasteiger partial charge in [-0.05, 0) is 63.1 Å². The Balaban J connectivity index is 1.79. The summed E-state index contributed by atoms with van der Waals surface area (Å²) in [5.41, 5.74) is 1.24. The minimum atomic E-state index is 0.471. The first-order valence-corrected chi connectivity index (χ1v) is 8.47. The normalized spacial score (nSPS) is 12.3. The molecule has 1 unspecified atom stereocenters. The van der Waals surface area contributed by atoms with Crippen molar-refractivity contribution in [2.24, 2.45) is 0 Å². The van der Waals surface area contributed by atoms with Gasteiger partial charge in [0.2, 0.25) is 0 Å². The van der Waals surface area contributed by atoms with Crippen LogP contribution >= 0.6 is 11.3 Å². The van der Waals surface area contributed by atoms with E-state index in [9.17, 15) is 0 Å². The number of rotatable bonds is 8. The summed E-state index contributed by atoms with van der Waals surface area (Å²) in [6.07, 6.45) is 3.23. The van der Waals surface area contributed by atoms with Crippen molar-refractivity contribution in [3.05, 3.63) is 51.7 Å². The Morgan fingerprint density at radius 3 is 2.67 bits per heavy atom. The van der Waals surface area contributed by atoms with Crippen LogP contribution in [0.4, 0.5) is 0 Å². The molecule has 21 heavy (non-hydrogen) atoms. The molecule has 0 aliphatic heterocycles. The Morgan fingerprint density at radius 1 is 1.19 bits per heavy atom. The average Bonchev–Trinajstić information content (AvgIpc) is 2.94. The lowest BCUT2D eigenvalue weighted by Gasteiger charge is -2.16. The molecule has 1 aromatic heterocycles. The van der Waals surface area contributed by atoms with Crippen molar-refractivity contribution in [2.45, 2.75) is 39.2 Å². The molecule has 1 aromatic carbocycles. The van der Waals surface area contributed by atoms with Crippen molar-refractivity contribution in [1.82, 2.24) is 5.32 Å². The summed E-state index contributed by atoms with van der Waals surface area (Å²) in [5, 5.41) is 3.40. The molecular formula is C18H25NOS. The summed E-state index contributed by atoms with van der Waals surface area (Å²) < 4.78 is 5.85. The predicted octanol–water partition coefficient (Wildman–Crippen LogP) is 4.22. The fourth-order valence-electron chi connectivity index (χ4n) is 2.34. The Kier molecular flexibility index (Phi) is 6.27. The van der Waals surface area contributed by atoms with Crippen LogP contribution in [-0.2, 0) is 12.8 Å². The van der Waals surface area contributed by atoms with Crippen LogP contribution in [0.2, 0.25) is 0 Å². The number of benzene rings is 1. The summed E-state index contributed by atoms with van der Waals surface area (Å²) in [5.74, 6) is 0.967. The van der Waals surface area contributed by atoms with Crippen molar-refractivity contribution in [2.75, 3.05) is 13.7 Å². The zero-order chi connectivity index (χ0) is 15.1. The molecule has 0 fully saturated rings. The number of thiophene rings is 1. The smallest absolute Gasteiger partial charge is 0.119 e. The SMILES string of the molecule is CCc1ccc(CC(CCOc2cccc(C)c2)NC)s1. The molecule has 0 saturated carbocycles. The number of likely N-dealkylation sites (N-methyl/N-ethyl adjacent to an activating group) is 1. The average molecular weight is 303 g/mol. The highest BCUT2D eigenvalue weighted by Crippen LogP contribution is 2.19. The van der Waals surface area contributed by atoms with Gasteiger partial charge in [-0.3, -0.25) is 0 Å². The minimum Gasteiger partial charge on any atom is -0.494 e. The molecule has 0 amide bonds. The van der Waals surface area contributed by atoms with Crippen LogP contribution < -0.4 is 10.1 Å². The Labute approximate surface area is 132 Å². The van der Waals surface area contributed by atoms with Crippen LogP contribution in [-0.4, -0.2) is 19.7 Å². The zero-order valence-electron chi connectivity index (χ0n) is 13.2. The summed E-state index contributed by atoms with van der Waals surface area (Å²) >= 11 is 1.93. The van der Waals surface area contributed by atoms with Crippen LogP contribution in [0.15, 0.2) is 36.4 Å². The molecule has 0 spiro atoms. The van der Waals surface area contributed by atoms with Crippen molar-refractivity contribution >= 4 is 11.3 Å². The van der Waals surface area contributed by atoms with Gasteiger partial charge in [0.1, 0.15) is 5.75 Å². The van der Waals surface area contributed by atoms with Crippen LogP contribution in [0.3, 0.4) is 0 Å². The molecule has 0 radical (unpaired) electrons. The molecule has 2 rings (SSSR count). The molecule has 1 heterocycles. The second-order valence-corrected chi connectivity index (χ2v) is 6.62. The van der Waals surface area contributed by atoms with Crippen LogP contribution in [0.25, 0.3) is 0 Å².